The Kier molecular flexibility index (Phi) is 5.05. The third-order valence-electron chi connectivity index (χ3n) is 5.10. The molecule has 1 fully saturated rings. The summed E-state index contributed by atoms with van der Waals surface area (Å²) in [4.78, 5) is 24.9. The maximum Gasteiger partial charge on any atom is 0.334 e. The standard InChI is InChI=1S/C20H21N3O3S/c1-26-20(25)17(24)14-7-9-23(10-8-14)18-15-11-16(13-5-3-2-4-6-13)27-19(15)22-12-21-18/h2-6,11-12,14,17,24H,7-10H2,1H3. The molecule has 0 radical (unpaired) electrons. The van der Waals surface area contributed by atoms with Gasteiger partial charge in [-0.15, -0.1) is 11.3 Å². The number of hydrogen-bond acceptors (Lipinski definition) is 7. The first-order valence-corrected chi connectivity index (χ1v) is 9.80. The summed E-state index contributed by atoms with van der Waals surface area (Å²) in [5.74, 6) is 0.293. The molecule has 0 amide bonds. The van der Waals surface area contributed by atoms with Crippen LogP contribution in [-0.2, 0) is 9.53 Å². The lowest BCUT2D eigenvalue weighted by Gasteiger charge is -2.34. The molecule has 0 bridgehead atoms. The molecule has 1 saturated heterocycles. The summed E-state index contributed by atoms with van der Waals surface area (Å²) in [6.45, 7) is 1.47. The van der Waals surface area contributed by atoms with Crippen molar-refractivity contribution in [3.8, 4) is 10.4 Å². The summed E-state index contributed by atoms with van der Waals surface area (Å²) in [7, 11) is 1.30. The molecule has 27 heavy (non-hydrogen) atoms. The smallest absolute Gasteiger partial charge is 0.334 e. The zero-order chi connectivity index (χ0) is 18.8. The summed E-state index contributed by atoms with van der Waals surface area (Å²) in [5, 5.41) is 11.1. The zero-order valence-electron chi connectivity index (χ0n) is 15.0. The second kappa shape index (κ2) is 7.62. The average Bonchev–Trinajstić information content (AvgIpc) is 3.18. The summed E-state index contributed by atoms with van der Waals surface area (Å²) < 4.78 is 4.66. The number of benzene rings is 1. The number of aromatic nitrogens is 2. The van der Waals surface area contributed by atoms with Gasteiger partial charge in [-0.3, -0.25) is 0 Å². The minimum Gasteiger partial charge on any atom is -0.467 e. The van der Waals surface area contributed by atoms with Gasteiger partial charge < -0.3 is 14.7 Å². The number of hydrogen-bond donors (Lipinski definition) is 1. The predicted octanol–water partition coefficient (Wildman–Crippen LogP) is 3.11. The van der Waals surface area contributed by atoms with Crippen LogP contribution in [0.2, 0.25) is 0 Å². The molecule has 0 aliphatic carbocycles. The molecule has 1 aromatic carbocycles. The lowest BCUT2D eigenvalue weighted by atomic mass is 9.91. The Labute approximate surface area is 161 Å². The Balaban J connectivity index is 1.56. The van der Waals surface area contributed by atoms with Crippen molar-refractivity contribution in [2.45, 2.75) is 18.9 Å². The summed E-state index contributed by atoms with van der Waals surface area (Å²) in [5.41, 5.74) is 1.17. The number of ether oxygens (including phenoxy) is 1. The number of piperidine rings is 1. The number of aliphatic hydroxyl groups is 1. The van der Waals surface area contributed by atoms with E-state index in [-0.39, 0.29) is 5.92 Å². The van der Waals surface area contributed by atoms with E-state index >= 15 is 0 Å². The number of esters is 1. The zero-order valence-corrected chi connectivity index (χ0v) is 15.9. The van der Waals surface area contributed by atoms with Crippen molar-refractivity contribution in [3.63, 3.8) is 0 Å². The van der Waals surface area contributed by atoms with Crippen molar-refractivity contribution < 1.29 is 14.6 Å². The minimum absolute atomic E-state index is 0.0756. The summed E-state index contributed by atoms with van der Waals surface area (Å²) in [6.07, 6.45) is 2.00. The van der Waals surface area contributed by atoms with Gasteiger partial charge in [0.05, 0.1) is 12.5 Å². The number of methoxy groups -OCH3 is 1. The van der Waals surface area contributed by atoms with Gasteiger partial charge in [-0.25, -0.2) is 14.8 Å². The Morgan fingerprint density at radius 1 is 1.26 bits per heavy atom. The molecule has 1 atom stereocenters. The Hall–Kier alpha value is -2.51. The van der Waals surface area contributed by atoms with Gasteiger partial charge in [-0.2, -0.15) is 0 Å². The fourth-order valence-corrected chi connectivity index (χ4v) is 4.58. The van der Waals surface area contributed by atoms with Crippen LogP contribution in [0.15, 0.2) is 42.7 Å². The summed E-state index contributed by atoms with van der Waals surface area (Å²) >= 11 is 1.66. The van der Waals surface area contributed by atoms with Crippen LogP contribution in [0.5, 0.6) is 0 Å². The van der Waals surface area contributed by atoms with Crippen LogP contribution in [0.1, 0.15) is 12.8 Å². The molecule has 1 aliphatic rings. The van der Waals surface area contributed by atoms with E-state index in [1.165, 1.54) is 17.6 Å². The highest BCUT2D eigenvalue weighted by molar-refractivity contribution is 7.21. The van der Waals surface area contributed by atoms with Crippen molar-refractivity contribution in [1.82, 2.24) is 9.97 Å². The first-order valence-electron chi connectivity index (χ1n) is 8.98. The molecule has 1 unspecified atom stereocenters. The van der Waals surface area contributed by atoms with E-state index in [4.69, 9.17) is 0 Å². The van der Waals surface area contributed by atoms with Crippen LogP contribution < -0.4 is 4.90 Å². The predicted molar refractivity (Wildman–Crippen MR) is 106 cm³/mol. The normalized spacial score (nSPS) is 16.4. The number of aliphatic hydroxyl groups excluding tert-OH is 1. The lowest BCUT2D eigenvalue weighted by molar-refractivity contribution is -0.153. The van der Waals surface area contributed by atoms with Gasteiger partial charge in [0.1, 0.15) is 17.0 Å². The number of rotatable bonds is 4. The quantitative estimate of drug-likeness (QED) is 0.698. The molecule has 140 valence electrons. The van der Waals surface area contributed by atoms with E-state index in [1.807, 2.05) is 18.2 Å². The molecular weight excluding hydrogens is 362 g/mol. The fraction of sp³-hybridized carbons (Fsp3) is 0.350. The Morgan fingerprint density at radius 3 is 2.70 bits per heavy atom. The third kappa shape index (κ3) is 3.52. The summed E-state index contributed by atoms with van der Waals surface area (Å²) in [6, 6.07) is 12.4. The average molecular weight is 383 g/mol. The van der Waals surface area contributed by atoms with Gasteiger partial charge in [0.2, 0.25) is 0 Å². The van der Waals surface area contributed by atoms with Crippen LogP contribution >= 0.6 is 11.3 Å². The largest absolute Gasteiger partial charge is 0.467 e. The van der Waals surface area contributed by atoms with E-state index in [0.29, 0.717) is 0 Å². The van der Waals surface area contributed by atoms with E-state index in [9.17, 15) is 9.90 Å². The van der Waals surface area contributed by atoms with Crippen LogP contribution in [0.25, 0.3) is 20.7 Å². The first-order chi connectivity index (χ1) is 13.2. The van der Waals surface area contributed by atoms with Gasteiger partial charge in [-0.05, 0) is 30.4 Å². The molecule has 7 heteroatoms. The molecular formula is C20H21N3O3S. The van der Waals surface area contributed by atoms with Crippen molar-refractivity contribution in [1.29, 1.82) is 0 Å². The molecule has 0 saturated carbocycles. The van der Waals surface area contributed by atoms with Gasteiger partial charge in [0, 0.05) is 18.0 Å². The second-order valence-corrected chi connectivity index (χ2v) is 7.72. The van der Waals surface area contributed by atoms with Crippen LogP contribution in [0.3, 0.4) is 0 Å². The highest BCUT2D eigenvalue weighted by atomic mass is 32.1. The van der Waals surface area contributed by atoms with Crippen molar-refractivity contribution >= 4 is 33.3 Å². The number of carbonyl (C=O) groups is 1. The lowest BCUT2D eigenvalue weighted by Crippen LogP contribution is -2.41. The van der Waals surface area contributed by atoms with Gasteiger partial charge >= 0.3 is 5.97 Å². The molecule has 2 aromatic heterocycles. The number of nitrogens with zero attached hydrogens (tertiary/aromatic N) is 3. The Morgan fingerprint density at radius 2 is 2.00 bits per heavy atom. The third-order valence-corrected chi connectivity index (χ3v) is 6.19. The number of fused-ring (bicyclic) bond motifs is 1. The van der Waals surface area contributed by atoms with Crippen molar-refractivity contribution in [3.05, 3.63) is 42.7 Å². The number of thiophene rings is 1. The van der Waals surface area contributed by atoms with Gasteiger partial charge in [0.25, 0.3) is 0 Å². The molecule has 1 aliphatic heterocycles. The van der Waals surface area contributed by atoms with Crippen molar-refractivity contribution in [2.24, 2.45) is 5.92 Å². The molecule has 0 spiro atoms. The molecule has 3 aromatic rings. The van der Waals surface area contributed by atoms with Crippen LogP contribution in [0.4, 0.5) is 5.82 Å². The molecule has 1 N–H and O–H groups in total. The maximum atomic E-state index is 11.6. The van der Waals surface area contributed by atoms with Gasteiger partial charge in [0.15, 0.2) is 6.10 Å². The van der Waals surface area contributed by atoms with Gasteiger partial charge in [-0.1, -0.05) is 30.3 Å². The maximum absolute atomic E-state index is 11.6. The monoisotopic (exact) mass is 383 g/mol. The highest BCUT2D eigenvalue weighted by Gasteiger charge is 2.31. The van der Waals surface area contributed by atoms with E-state index < -0.39 is 12.1 Å². The highest BCUT2D eigenvalue weighted by Crippen LogP contribution is 2.37. The molecule has 3 heterocycles. The van der Waals surface area contributed by atoms with Crippen molar-refractivity contribution in [2.75, 3.05) is 25.1 Å². The topological polar surface area (TPSA) is 75.6 Å². The fourth-order valence-electron chi connectivity index (χ4n) is 3.58. The molecule has 4 rings (SSSR count). The van der Waals surface area contributed by atoms with Crippen LogP contribution in [-0.4, -0.2) is 47.3 Å². The minimum atomic E-state index is -1.05. The van der Waals surface area contributed by atoms with E-state index in [0.717, 1.165) is 42.0 Å². The SMILES string of the molecule is COC(=O)C(O)C1CCN(c2ncnc3sc(-c4ccccc4)cc23)CC1. The van der Waals surface area contributed by atoms with E-state index in [2.05, 4.69) is 37.8 Å². The Bertz CT molecular complexity index is 936. The van der Waals surface area contributed by atoms with E-state index in [1.54, 1.807) is 17.7 Å². The second-order valence-electron chi connectivity index (χ2n) is 6.69. The number of anilines is 1. The molecule has 6 nitrogen and oxygen atoms in total. The van der Waals surface area contributed by atoms with Crippen LogP contribution in [0, 0.1) is 5.92 Å². The number of carbonyl (C=O) groups excluding carboxylic acids is 1. The first kappa shape index (κ1) is 17.9.